The number of rotatable bonds is 2. The SMILES string of the molecule is N#CC1(Nc2ccccc2)CCCc2sccc21. The zero-order chi connectivity index (χ0) is 12.4. The molecule has 2 aromatic rings. The molecule has 0 bridgehead atoms. The molecule has 1 atom stereocenters. The Bertz CT molecular complexity index is 582. The van der Waals surface area contributed by atoms with Crippen molar-refractivity contribution in [3.63, 3.8) is 0 Å². The van der Waals surface area contributed by atoms with Crippen LogP contribution in [0.2, 0.25) is 0 Å². The predicted octanol–water partition coefficient (Wildman–Crippen LogP) is 3.92. The van der Waals surface area contributed by atoms with Crippen LogP contribution in [0.5, 0.6) is 0 Å². The lowest BCUT2D eigenvalue weighted by atomic mass is 9.81. The third-order valence-corrected chi connectivity index (χ3v) is 4.46. The van der Waals surface area contributed by atoms with Crippen LogP contribution >= 0.6 is 11.3 Å². The van der Waals surface area contributed by atoms with Crippen molar-refractivity contribution in [3.8, 4) is 6.07 Å². The molecule has 0 radical (unpaired) electrons. The van der Waals surface area contributed by atoms with Gasteiger partial charge in [0.15, 0.2) is 5.54 Å². The third kappa shape index (κ3) is 1.79. The molecule has 0 saturated carbocycles. The minimum atomic E-state index is -0.547. The van der Waals surface area contributed by atoms with Crippen LogP contribution < -0.4 is 5.32 Å². The van der Waals surface area contributed by atoms with Gasteiger partial charge in [-0.3, -0.25) is 0 Å². The normalized spacial score (nSPS) is 21.9. The maximum absolute atomic E-state index is 9.66. The lowest BCUT2D eigenvalue weighted by Crippen LogP contribution is -2.36. The van der Waals surface area contributed by atoms with Crippen LogP contribution in [0, 0.1) is 11.3 Å². The predicted molar refractivity (Wildman–Crippen MR) is 74.6 cm³/mol. The molecule has 0 amide bonds. The van der Waals surface area contributed by atoms with Crippen LogP contribution in [0.1, 0.15) is 23.3 Å². The van der Waals surface area contributed by atoms with E-state index in [-0.39, 0.29) is 0 Å². The Hall–Kier alpha value is -1.79. The molecule has 3 rings (SSSR count). The number of nitrogens with one attached hydrogen (secondary N) is 1. The van der Waals surface area contributed by atoms with Crippen molar-refractivity contribution in [3.05, 3.63) is 52.2 Å². The molecule has 1 aliphatic carbocycles. The number of nitrogens with zero attached hydrogens (tertiary/aromatic N) is 1. The van der Waals surface area contributed by atoms with E-state index >= 15 is 0 Å². The largest absolute Gasteiger partial charge is 0.364 e. The lowest BCUT2D eigenvalue weighted by Gasteiger charge is -2.33. The Kier molecular flexibility index (Phi) is 2.81. The molecule has 1 aliphatic rings. The van der Waals surface area contributed by atoms with Gasteiger partial charge in [0.2, 0.25) is 0 Å². The van der Waals surface area contributed by atoms with Gasteiger partial charge in [-0.2, -0.15) is 5.26 Å². The third-order valence-electron chi connectivity index (χ3n) is 3.48. The van der Waals surface area contributed by atoms with Crippen molar-refractivity contribution in [2.75, 3.05) is 5.32 Å². The molecular weight excluding hydrogens is 240 g/mol. The Labute approximate surface area is 111 Å². The van der Waals surface area contributed by atoms with E-state index in [9.17, 15) is 5.26 Å². The van der Waals surface area contributed by atoms with Gasteiger partial charge in [-0.1, -0.05) is 18.2 Å². The molecule has 90 valence electrons. The summed E-state index contributed by atoms with van der Waals surface area (Å²) in [5, 5.41) is 15.2. The van der Waals surface area contributed by atoms with Crippen molar-refractivity contribution in [1.29, 1.82) is 5.26 Å². The number of benzene rings is 1. The van der Waals surface area contributed by atoms with Gasteiger partial charge >= 0.3 is 0 Å². The van der Waals surface area contributed by atoms with E-state index < -0.39 is 5.54 Å². The maximum Gasteiger partial charge on any atom is 0.152 e. The minimum Gasteiger partial charge on any atom is -0.364 e. The molecule has 1 aromatic heterocycles. The molecule has 18 heavy (non-hydrogen) atoms. The molecule has 2 nitrogen and oxygen atoms in total. The summed E-state index contributed by atoms with van der Waals surface area (Å²) >= 11 is 1.76. The van der Waals surface area contributed by atoms with Gasteiger partial charge in [0.05, 0.1) is 6.07 Å². The van der Waals surface area contributed by atoms with Crippen molar-refractivity contribution in [2.45, 2.75) is 24.8 Å². The summed E-state index contributed by atoms with van der Waals surface area (Å²) in [6.45, 7) is 0. The van der Waals surface area contributed by atoms with E-state index in [0.717, 1.165) is 24.9 Å². The van der Waals surface area contributed by atoms with Crippen molar-refractivity contribution in [2.24, 2.45) is 0 Å². The van der Waals surface area contributed by atoms with Crippen molar-refractivity contribution < 1.29 is 0 Å². The minimum absolute atomic E-state index is 0.547. The summed E-state index contributed by atoms with van der Waals surface area (Å²) < 4.78 is 0. The van der Waals surface area contributed by atoms with Gasteiger partial charge in [0, 0.05) is 16.1 Å². The van der Waals surface area contributed by atoms with Gasteiger partial charge < -0.3 is 5.32 Å². The second kappa shape index (κ2) is 4.47. The van der Waals surface area contributed by atoms with Gasteiger partial charge in [-0.05, 0) is 42.8 Å². The van der Waals surface area contributed by atoms with Crippen LogP contribution in [0.15, 0.2) is 41.8 Å². The number of aryl methyl sites for hydroxylation is 1. The van der Waals surface area contributed by atoms with Crippen molar-refractivity contribution in [1.82, 2.24) is 0 Å². The highest BCUT2D eigenvalue weighted by Gasteiger charge is 2.37. The van der Waals surface area contributed by atoms with Crippen molar-refractivity contribution >= 4 is 17.0 Å². The Balaban J connectivity index is 2.01. The highest BCUT2D eigenvalue weighted by atomic mass is 32.1. The highest BCUT2D eigenvalue weighted by Crippen LogP contribution is 2.40. The smallest absolute Gasteiger partial charge is 0.152 e. The number of hydrogen-bond acceptors (Lipinski definition) is 3. The van der Waals surface area contributed by atoms with Crippen LogP contribution in [-0.2, 0) is 12.0 Å². The fourth-order valence-electron chi connectivity index (χ4n) is 2.61. The number of fused-ring (bicyclic) bond motifs is 1. The molecule has 0 fully saturated rings. The topological polar surface area (TPSA) is 35.8 Å². The first kappa shape index (κ1) is 11.3. The summed E-state index contributed by atoms with van der Waals surface area (Å²) in [4.78, 5) is 1.35. The summed E-state index contributed by atoms with van der Waals surface area (Å²) in [7, 11) is 0. The molecule has 1 unspecified atom stereocenters. The zero-order valence-electron chi connectivity index (χ0n) is 10.0. The molecule has 0 aliphatic heterocycles. The number of nitriles is 1. The summed E-state index contributed by atoms with van der Waals surface area (Å²) in [6.07, 6.45) is 3.05. The fourth-order valence-corrected chi connectivity index (χ4v) is 3.60. The number of thiophene rings is 1. The van der Waals surface area contributed by atoms with Gasteiger partial charge in [0.25, 0.3) is 0 Å². The van der Waals surface area contributed by atoms with E-state index in [1.165, 1.54) is 10.4 Å². The van der Waals surface area contributed by atoms with Gasteiger partial charge in [-0.15, -0.1) is 11.3 Å². The summed E-state index contributed by atoms with van der Waals surface area (Å²) in [6, 6.07) is 14.6. The molecule has 1 aromatic carbocycles. The Morgan fingerprint density at radius 2 is 2.06 bits per heavy atom. The highest BCUT2D eigenvalue weighted by molar-refractivity contribution is 7.10. The molecular formula is C15H14N2S. The average Bonchev–Trinajstić information content (AvgIpc) is 2.90. The quantitative estimate of drug-likeness (QED) is 0.881. The first-order valence-electron chi connectivity index (χ1n) is 6.15. The van der Waals surface area contributed by atoms with E-state index in [0.29, 0.717) is 0 Å². The first-order chi connectivity index (χ1) is 8.84. The molecule has 3 heteroatoms. The van der Waals surface area contributed by atoms with Gasteiger partial charge in [0.1, 0.15) is 0 Å². The molecule has 1 heterocycles. The van der Waals surface area contributed by atoms with Crippen LogP contribution in [0.25, 0.3) is 0 Å². The zero-order valence-corrected chi connectivity index (χ0v) is 10.8. The fraction of sp³-hybridized carbons (Fsp3) is 0.267. The van der Waals surface area contributed by atoms with Crippen LogP contribution in [0.3, 0.4) is 0 Å². The number of hydrogen-bond donors (Lipinski definition) is 1. The van der Waals surface area contributed by atoms with Gasteiger partial charge in [-0.25, -0.2) is 0 Å². The second-order valence-corrected chi connectivity index (χ2v) is 5.62. The Morgan fingerprint density at radius 3 is 2.83 bits per heavy atom. The first-order valence-corrected chi connectivity index (χ1v) is 7.03. The number of anilines is 1. The Morgan fingerprint density at radius 1 is 1.22 bits per heavy atom. The molecule has 0 spiro atoms. The van der Waals surface area contributed by atoms with Crippen LogP contribution in [-0.4, -0.2) is 0 Å². The maximum atomic E-state index is 9.66. The molecule has 0 saturated heterocycles. The summed E-state index contributed by atoms with van der Waals surface area (Å²) in [5.41, 5.74) is 1.64. The summed E-state index contributed by atoms with van der Waals surface area (Å²) in [5.74, 6) is 0. The standard InChI is InChI=1S/C15H14N2S/c16-11-15(17-12-5-2-1-3-6-12)9-4-7-14-13(15)8-10-18-14/h1-3,5-6,8,10,17H,4,7,9H2. The average molecular weight is 254 g/mol. The molecule has 1 N–H and O–H groups in total. The van der Waals surface area contributed by atoms with E-state index in [1.54, 1.807) is 11.3 Å². The second-order valence-electron chi connectivity index (χ2n) is 4.62. The monoisotopic (exact) mass is 254 g/mol. The van der Waals surface area contributed by atoms with E-state index in [4.69, 9.17) is 0 Å². The number of para-hydroxylation sites is 1. The van der Waals surface area contributed by atoms with E-state index in [1.807, 2.05) is 30.3 Å². The van der Waals surface area contributed by atoms with E-state index in [2.05, 4.69) is 22.8 Å². The lowest BCUT2D eigenvalue weighted by molar-refractivity contribution is 0.511. The van der Waals surface area contributed by atoms with Crippen LogP contribution in [0.4, 0.5) is 5.69 Å².